The molecule has 0 aliphatic rings. The van der Waals surface area contributed by atoms with Crippen LogP contribution in [0, 0.1) is 6.92 Å². The molecule has 0 aliphatic heterocycles. The van der Waals surface area contributed by atoms with Gasteiger partial charge in [-0.15, -0.1) is 0 Å². The first kappa shape index (κ1) is 19.0. The molecule has 140 valence electrons. The summed E-state index contributed by atoms with van der Waals surface area (Å²) in [5, 5.41) is 1.32. The van der Waals surface area contributed by atoms with Crippen LogP contribution in [0.4, 0.5) is 0 Å². The van der Waals surface area contributed by atoms with E-state index in [1.807, 2.05) is 6.92 Å². The van der Waals surface area contributed by atoms with Crippen molar-refractivity contribution in [2.24, 2.45) is 0 Å². The van der Waals surface area contributed by atoms with Crippen LogP contribution in [-0.4, -0.2) is 18.7 Å². The summed E-state index contributed by atoms with van der Waals surface area (Å²) in [6.45, 7) is 5.50. The summed E-state index contributed by atoms with van der Waals surface area (Å²) in [6.07, 6.45) is -0.742. The van der Waals surface area contributed by atoms with Gasteiger partial charge in [0.05, 0.1) is 12.2 Å². The van der Waals surface area contributed by atoms with Gasteiger partial charge in [0.1, 0.15) is 11.3 Å². The lowest BCUT2D eigenvalue weighted by Crippen LogP contribution is -2.26. The lowest BCUT2D eigenvalue weighted by molar-refractivity contribution is -0.150. The van der Waals surface area contributed by atoms with E-state index in [9.17, 15) is 9.59 Å². The van der Waals surface area contributed by atoms with Crippen molar-refractivity contribution in [1.82, 2.24) is 0 Å². The van der Waals surface area contributed by atoms with Crippen molar-refractivity contribution in [3.05, 3.63) is 63.5 Å². The van der Waals surface area contributed by atoms with E-state index in [2.05, 4.69) is 0 Å². The standard InChI is InChI=1S/C21H19ClO5/c1-4-25-20(23)13(3)26-16-9-10-18-17(11-16)12(2)19(21(24)27-18)14-5-7-15(22)8-6-14/h5-11,13H,4H2,1-3H3/t13-/m0/s1. The molecule has 0 fully saturated rings. The normalized spacial score (nSPS) is 12.0. The van der Waals surface area contributed by atoms with Gasteiger partial charge in [-0.05, 0) is 62.2 Å². The minimum atomic E-state index is -0.742. The van der Waals surface area contributed by atoms with Crippen molar-refractivity contribution in [2.75, 3.05) is 6.61 Å². The summed E-state index contributed by atoms with van der Waals surface area (Å²) < 4.78 is 16.1. The third kappa shape index (κ3) is 3.98. The number of carbonyl (C=O) groups is 1. The molecule has 0 saturated carbocycles. The number of rotatable bonds is 5. The smallest absolute Gasteiger partial charge is 0.347 e. The number of halogens is 1. The first-order chi connectivity index (χ1) is 12.9. The lowest BCUT2D eigenvalue weighted by atomic mass is 9.99. The Kier molecular flexibility index (Phi) is 5.51. The average molecular weight is 387 g/mol. The first-order valence-electron chi connectivity index (χ1n) is 8.57. The highest BCUT2D eigenvalue weighted by Gasteiger charge is 2.18. The zero-order valence-corrected chi connectivity index (χ0v) is 16.0. The van der Waals surface area contributed by atoms with Crippen LogP contribution in [0.5, 0.6) is 5.75 Å². The highest BCUT2D eigenvalue weighted by atomic mass is 35.5. The number of ether oxygens (including phenoxy) is 2. The van der Waals surface area contributed by atoms with E-state index < -0.39 is 17.7 Å². The number of esters is 1. The summed E-state index contributed by atoms with van der Waals surface area (Å²) in [4.78, 5) is 24.2. The van der Waals surface area contributed by atoms with Crippen LogP contribution in [0.25, 0.3) is 22.1 Å². The third-order valence-corrected chi connectivity index (χ3v) is 4.45. The largest absolute Gasteiger partial charge is 0.479 e. The molecule has 0 unspecified atom stereocenters. The van der Waals surface area contributed by atoms with E-state index in [1.54, 1.807) is 56.3 Å². The molecule has 1 atom stereocenters. The van der Waals surface area contributed by atoms with E-state index in [4.69, 9.17) is 25.5 Å². The van der Waals surface area contributed by atoms with Crippen molar-refractivity contribution in [1.29, 1.82) is 0 Å². The Labute approximate surface area is 161 Å². The van der Waals surface area contributed by atoms with Crippen molar-refractivity contribution < 1.29 is 18.7 Å². The Morgan fingerprint density at radius 1 is 1.19 bits per heavy atom. The maximum absolute atomic E-state index is 12.5. The predicted octanol–water partition coefficient (Wildman–Crippen LogP) is 4.75. The zero-order chi connectivity index (χ0) is 19.6. The zero-order valence-electron chi connectivity index (χ0n) is 15.2. The van der Waals surface area contributed by atoms with Crippen molar-refractivity contribution >= 4 is 28.5 Å². The Morgan fingerprint density at radius 3 is 2.56 bits per heavy atom. The maximum atomic E-state index is 12.5. The molecule has 0 amide bonds. The second-order valence-corrected chi connectivity index (χ2v) is 6.50. The monoisotopic (exact) mass is 386 g/mol. The van der Waals surface area contributed by atoms with E-state index >= 15 is 0 Å². The van der Waals surface area contributed by atoms with Gasteiger partial charge in [0, 0.05) is 10.4 Å². The molecule has 6 heteroatoms. The molecule has 0 aliphatic carbocycles. The predicted molar refractivity (Wildman–Crippen MR) is 104 cm³/mol. The fourth-order valence-electron chi connectivity index (χ4n) is 2.87. The SMILES string of the molecule is CCOC(=O)[C@H](C)Oc1ccc2oc(=O)c(-c3ccc(Cl)cc3)c(C)c2c1. The highest BCUT2D eigenvalue weighted by molar-refractivity contribution is 6.30. The quantitative estimate of drug-likeness (QED) is 0.467. The molecule has 0 N–H and O–H groups in total. The van der Waals surface area contributed by atoms with Crippen molar-refractivity contribution in [3.8, 4) is 16.9 Å². The fraction of sp³-hybridized carbons (Fsp3) is 0.238. The Bertz CT molecular complexity index is 1040. The summed E-state index contributed by atoms with van der Waals surface area (Å²) >= 11 is 5.94. The Balaban J connectivity index is 2.04. The number of fused-ring (bicyclic) bond motifs is 1. The van der Waals surface area contributed by atoms with E-state index in [-0.39, 0.29) is 0 Å². The van der Waals surface area contributed by atoms with Gasteiger partial charge >= 0.3 is 11.6 Å². The Morgan fingerprint density at radius 2 is 1.89 bits per heavy atom. The molecule has 0 saturated heterocycles. The van der Waals surface area contributed by atoms with E-state index in [1.165, 1.54) is 0 Å². The molecule has 1 aromatic heterocycles. The van der Waals surface area contributed by atoms with Crippen LogP contribution in [0.1, 0.15) is 19.4 Å². The van der Waals surface area contributed by atoms with Crippen LogP contribution >= 0.6 is 11.6 Å². The van der Waals surface area contributed by atoms with Gasteiger partial charge < -0.3 is 13.9 Å². The van der Waals surface area contributed by atoms with Crippen molar-refractivity contribution in [3.63, 3.8) is 0 Å². The van der Waals surface area contributed by atoms with Crippen LogP contribution in [0.15, 0.2) is 51.7 Å². The van der Waals surface area contributed by atoms with Crippen LogP contribution in [-0.2, 0) is 9.53 Å². The van der Waals surface area contributed by atoms with Crippen LogP contribution in [0.2, 0.25) is 5.02 Å². The lowest BCUT2D eigenvalue weighted by Gasteiger charge is -2.14. The molecular weight excluding hydrogens is 368 g/mol. The second kappa shape index (κ2) is 7.84. The number of aryl methyl sites for hydroxylation is 1. The number of hydrogen-bond acceptors (Lipinski definition) is 5. The molecule has 1 heterocycles. The van der Waals surface area contributed by atoms with E-state index in [0.717, 1.165) is 16.5 Å². The molecule has 3 rings (SSSR count). The first-order valence-corrected chi connectivity index (χ1v) is 8.95. The van der Waals surface area contributed by atoms with Crippen LogP contribution in [0.3, 0.4) is 0 Å². The number of hydrogen-bond donors (Lipinski definition) is 0. The summed E-state index contributed by atoms with van der Waals surface area (Å²) in [5.41, 5.74) is 1.98. The summed E-state index contributed by atoms with van der Waals surface area (Å²) in [7, 11) is 0. The van der Waals surface area contributed by atoms with Gasteiger partial charge in [-0.2, -0.15) is 0 Å². The van der Waals surface area contributed by atoms with Gasteiger partial charge in [-0.3, -0.25) is 0 Å². The molecule has 0 bridgehead atoms. The molecular formula is C21H19ClO5. The Hall–Kier alpha value is -2.79. The topological polar surface area (TPSA) is 65.7 Å². The van der Waals surface area contributed by atoms with Gasteiger partial charge in [0.15, 0.2) is 6.10 Å². The molecule has 2 aromatic carbocycles. The number of benzene rings is 2. The minimum absolute atomic E-state index is 0.291. The molecule has 0 radical (unpaired) electrons. The van der Waals surface area contributed by atoms with E-state index in [0.29, 0.717) is 28.5 Å². The third-order valence-electron chi connectivity index (χ3n) is 4.20. The highest BCUT2D eigenvalue weighted by Crippen LogP contribution is 2.30. The molecule has 3 aromatic rings. The maximum Gasteiger partial charge on any atom is 0.347 e. The minimum Gasteiger partial charge on any atom is -0.479 e. The van der Waals surface area contributed by atoms with Gasteiger partial charge in [-0.25, -0.2) is 9.59 Å². The van der Waals surface area contributed by atoms with Crippen molar-refractivity contribution in [2.45, 2.75) is 26.9 Å². The summed E-state index contributed by atoms with van der Waals surface area (Å²) in [5.74, 6) is 0.0535. The average Bonchev–Trinajstić information content (AvgIpc) is 2.64. The summed E-state index contributed by atoms with van der Waals surface area (Å²) in [6, 6.07) is 12.1. The second-order valence-electron chi connectivity index (χ2n) is 6.07. The molecule has 0 spiro atoms. The fourth-order valence-corrected chi connectivity index (χ4v) is 2.99. The van der Waals surface area contributed by atoms with Gasteiger partial charge in [0.2, 0.25) is 0 Å². The molecule has 27 heavy (non-hydrogen) atoms. The molecule has 5 nitrogen and oxygen atoms in total. The van der Waals surface area contributed by atoms with Crippen LogP contribution < -0.4 is 10.4 Å². The van der Waals surface area contributed by atoms with Gasteiger partial charge in [0.25, 0.3) is 0 Å². The number of carbonyl (C=O) groups excluding carboxylic acids is 1. The van der Waals surface area contributed by atoms with Gasteiger partial charge in [-0.1, -0.05) is 23.7 Å².